The van der Waals surface area contributed by atoms with Crippen molar-refractivity contribution >= 4 is 23.1 Å². The molecule has 5 heteroatoms. The van der Waals surface area contributed by atoms with E-state index < -0.39 is 0 Å². The molecule has 2 heterocycles. The van der Waals surface area contributed by atoms with E-state index in [1.54, 1.807) is 0 Å². The molecule has 0 unspecified atom stereocenters. The molecule has 1 aromatic heterocycles. The fourth-order valence-electron chi connectivity index (χ4n) is 2.81. The lowest BCUT2D eigenvalue weighted by atomic mass is 10.0. The average molecular weight is 334 g/mol. The SMILES string of the molecule is CC.Cc1noc(C)c1-c1ccc(NC2CCSCC2)c(N)c1. The van der Waals surface area contributed by atoms with Gasteiger partial charge in [-0.25, -0.2) is 0 Å². The first-order chi connectivity index (χ1) is 11.1. The van der Waals surface area contributed by atoms with Gasteiger partial charge in [0.25, 0.3) is 0 Å². The van der Waals surface area contributed by atoms with E-state index in [1.807, 2.05) is 45.5 Å². The molecule has 0 aliphatic carbocycles. The number of nitrogens with one attached hydrogen (secondary N) is 1. The molecule has 0 radical (unpaired) electrons. The molecule has 0 amide bonds. The smallest absolute Gasteiger partial charge is 0.141 e. The van der Waals surface area contributed by atoms with Crippen molar-refractivity contribution in [3.05, 3.63) is 29.7 Å². The summed E-state index contributed by atoms with van der Waals surface area (Å²) in [6.07, 6.45) is 2.41. The third-order valence-corrected chi connectivity index (χ3v) is 5.00. The minimum Gasteiger partial charge on any atom is -0.397 e. The summed E-state index contributed by atoms with van der Waals surface area (Å²) in [5.74, 6) is 3.29. The molecule has 0 saturated carbocycles. The van der Waals surface area contributed by atoms with Crippen LogP contribution < -0.4 is 11.1 Å². The number of nitrogen functional groups attached to an aromatic ring is 1. The van der Waals surface area contributed by atoms with E-state index >= 15 is 0 Å². The van der Waals surface area contributed by atoms with Gasteiger partial charge in [-0.15, -0.1) is 0 Å². The van der Waals surface area contributed by atoms with Crippen molar-refractivity contribution in [2.24, 2.45) is 0 Å². The van der Waals surface area contributed by atoms with Crippen LogP contribution in [0.2, 0.25) is 0 Å². The van der Waals surface area contributed by atoms with Crippen molar-refractivity contribution in [1.29, 1.82) is 0 Å². The Hall–Kier alpha value is -1.62. The lowest BCUT2D eigenvalue weighted by molar-refractivity contribution is 0.393. The largest absolute Gasteiger partial charge is 0.397 e. The summed E-state index contributed by atoms with van der Waals surface area (Å²) < 4.78 is 5.23. The number of hydrogen-bond donors (Lipinski definition) is 2. The van der Waals surface area contributed by atoms with Crippen molar-refractivity contribution in [1.82, 2.24) is 5.16 Å². The highest BCUT2D eigenvalue weighted by molar-refractivity contribution is 7.99. The number of aromatic nitrogens is 1. The van der Waals surface area contributed by atoms with Crippen LogP contribution in [0.15, 0.2) is 22.7 Å². The van der Waals surface area contributed by atoms with Gasteiger partial charge in [-0.2, -0.15) is 11.8 Å². The molecule has 1 fully saturated rings. The fraction of sp³-hybridized carbons (Fsp3) is 0.500. The number of hydrogen-bond acceptors (Lipinski definition) is 5. The summed E-state index contributed by atoms with van der Waals surface area (Å²) in [6.45, 7) is 7.88. The van der Waals surface area contributed by atoms with Crippen LogP contribution in [0.4, 0.5) is 11.4 Å². The molecule has 1 aliphatic heterocycles. The number of nitrogens with two attached hydrogens (primary N) is 1. The summed E-state index contributed by atoms with van der Waals surface area (Å²) in [5, 5.41) is 7.58. The Bertz CT molecular complexity index is 614. The summed E-state index contributed by atoms with van der Waals surface area (Å²) in [7, 11) is 0. The number of thioether (sulfide) groups is 1. The molecule has 3 rings (SSSR count). The molecule has 3 N–H and O–H groups in total. The van der Waals surface area contributed by atoms with Gasteiger partial charge in [0.2, 0.25) is 0 Å². The Kier molecular flexibility index (Phi) is 6.39. The molecular formula is C18H27N3OS. The van der Waals surface area contributed by atoms with Crippen LogP contribution in [-0.2, 0) is 0 Å². The van der Waals surface area contributed by atoms with Crippen molar-refractivity contribution in [2.75, 3.05) is 22.6 Å². The molecule has 23 heavy (non-hydrogen) atoms. The Labute approximate surface area is 143 Å². The summed E-state index contributed by atoms with van der Waals surface area (Å²) in [6, 6.07) is 6.70. The van der Waals surface area contributed by atoms with Crippen LogP contribution in [-0.4, -0.2) is 22.7 Å². The molecule has 4 nitrogen and oxygen atoms in total. The van der Waals surface area contributed by atoms with E-state index in [1.165, 1.54) is 24.3 Å². The maximum absolute atomic E-state index is 6.23. The van der Waals surface area contributed by atoms with E-state index in [2.05, 4.69) is 22.6 Å². The first-order valence-electron chi connectivity index (χ1n) is 8.32. The van der Waals surface area contributed by atoms with Crippen LogP contribution in [0.3, 0.4) is 0 Å². The Balaban J connectivity index is 0.000000924. The maximum atomic E-state index is 6.23. The second-order valence-corrected chi connectivity index (χ2v) is 6.76. The van der Waals surface area contributed by atoms with Gasteiger partial charge in [0.1, 0.15) is 5.76 Å². The van der Waals surface area contributed by atoms with Gasteiger partial charge in [-0.05, 0) is 55.9 Å². The molecular weight excluding hydrogens is 306 g/mol. The number of nitrogens with zero attached hydrogens (tertiary/aromatic N) is 1. The first kappa shape index (κ1) is 17.7. The molecule has 126 valence electrons. The van der Waals surface area contributed by atoms with Gasteiger partial charge in [-0.1, -0.05) is 25.1 Å². The van der Waals surface area contributed by atoms with Crippen LogP contribution in [0, 0.1) is 13.8 Å². The van der Waals surface area contributed by atoms with Crippen LogP contribution >= 0.6 is 11.8 Å². The molecule has 0 spiro atoms. The third-order valence-electron chi connectivity index (χ3n) is 3.95. The van der Waals surface area contributed by atoms with Gasteiger partial charge in [0.05, 0.1) is 17.1 Å². The Morgan fingerprint density at radius 2 is 1.91 bits per heavy atom. The van der Waals surface area contributed by atoms with E-state index in [4.69, 9.17) is 10.3 Å². The zero-order valence-corrected chi connectivity index (χ0v) is 15.3. The highest BCUT2D eigenvalue weighted by atomic mass is 32.2. The minimum absolute atomic E-state index is 0.540. The van der Waals surface area contributed by atoms with Crippen molar-refractivity contribution < 1.29 is 4.52 Å². The van der Waals surface area contributed by atoms with E-state index in [-0.39, 0.29) is 0 Å². The predicted molar refractivity (Wildman–Crippen MR) is 101 cm³/mol. The van der Waals surface area contributed by atoms with Gasteiger partial charge in [-0.3, -0.25) is 0 Å². The van der Waals surface area contributed by atoms with E-state index in [9.17, 15) is 0 Å². The summed E-state index contributed by atoms with van der Waals surface area (Å²) >= 11 is 2.03. The minimum atomic E-state index is 0.540. The molecule has 1 saturated heterocycles. The molecule has 0 atom stereocenters. The lowest BCUT2D eigenvalue weighted by Crippen LogP contribution is -2.24. The number of anilines is 2. The Morgan fingerprint density at radius 1 is 1.22 bits per heavy atom. The van der Waals surface area contributed by atoms with E-state index in [0.29, 0.717) is 6.04 Å². The van der Waals surface area contributed by atoms with Crippen molar-refractivity contribution in [2.45, 2.75) is 46.6 Å². The maximum Gasteiger partial charge on any atom is 0.141 e. The van der Waals surface area contributed by atoms with Gasteiger partial charge >= 0.3 is 0 Å². The summed E-state index contributed by atoms with van der Waals surface area (Å²) in [4.78, 5) is 0. The van der Waals surface area contributed by atoms with Crippen molar-refractivity contribution in [3.63, 3.8) is 0 Å². The highest BCUT2D eigenvalue weighted by Crippen LogP contribution is 2.32. The topological polar surface area (TPSA) is 64.1 Å². The molecule has 1 aromatic carbocycles. The van der Waals surface area contributed by atoms with Crippen molar-refractivity contribution in [3.8, 4) is 11.1 Å². The predicted octanol–water partition coefficient (Wildman–Crippen LogP) is 4.87. The number of rotatable bonds is 3. The van der Waals surface area contributed by atoms with Gasteiger partial charge in [0.15, 0.2) is 0 Å². The standard InChI is InChI=1S/C16H21N3OS.C2H6/c1-10-16(11(2)20-19-10)12-3-4-15(14(17)9-12)18-13-5-7-21-8-6-13;1-2/h3-4,9,13,18H,5-8,17H2,1-2H3;1-2H3. The second-order valence-electron chi connectivity index (χ2n) is 5.53. The molecule has 1 aliphatic rings. The van der Waals surface area contributed by atoms with E-state index in [0.717, 1.165) is 34.0 Å². The number of benzene rings is 1. The van der Waals surface area contributed by atoms with Gasteiger partial charge in [0, 0.05) is 11.6 Å². The zero-order valence-electron chi connectivity index (χ0n) is 14.5. The lowest BCUT2D eigenvalue weighted by Gasteiger charge is -2.24. The number of aryl methyl sites for hydroxylation is 2. The van der Waals surface area contributed by atoms with Gasteiger partial charge < -0.3 is 15.6 Å². The quantitative estimate of drug-likeness (QED) is 0.784. The van der Waals surface area contributed by atoms with Crippen LogP contribution in [0.1, 0.15) is 38.1 Å². The third kappa shape index (κ3) is 4.22. The monoisotopic (exact) mass is 333 g/mol. The Morgan fingerprint density at radius 3 is 2.48 bits per heavy atom. The molecule has 0 bridgehead atoms. The van der Waals surface area contributed by atoms with Crippen LogP contribution in [0.25, 0.3) is 11.1 Å². The highest BCUT2D eigenvalue weighted by Gasteiger charge is 2.16. The van der Waals surface area contributed by atoms with Crippen LogP contribution in [0.5, 0.6) is 0 Å². The second kappa shape index (κ2) is 8.29. The zero-order chi connectivity index (χ0) is 16.8. The first-order valence-corrected chi connectivity index (χ1v) is 9.47. The molecule has 2 aromatic rings. The normalized spacial score (nSPS) is 15.0. The summed E-state index contributed by atoms with van der Waals surface area (Å²) in [5.41, 5.74) is 11.0. The average Bonchev–Trinajstić information content (AvgIpc) is 2.91. The fourth-order valence-corrected chi connectivity index (χ4v) is 3.91.